The van der Waals surface area contributed by atoms with Gasteiger partial charge in [-0.25, -0.2) is 0 Å². The SMILES string of the molecule is Cl.O=C(O)C1CCN(C(=O)Cc2noc3ccccc23)C1. The van der Waals surface area contributed by atoms with Gasteiger partial charge >= 0.3 is 5.97 Å². The number of amides is 1. The molecule has 0 saturated carbocycles. The zero-order valence-corrected chi connectivity index (χ0v) is 12.0. The zero-order valence-electron chi connectivity index (χ0n) is 11.2. The normalized spacial score (nSPS) is 17.7. The Morgan fingerprint density at radius 3 is 2.86 bits per heavy atom. The van der Waals surface area contributed by atoms with E-state index in [1.54, 1.807) is 11.0 Å². The van der Waals surface area contributed by atoms with Gasteiger partial charge in [-0.2, -0.15) is 0 Å². The lowest BCUT2D eigenvalue weighted by Crippen LogP contribution is -2.31. The molecule has 0 bridgehead atoms. The molecule has 112 valence electrons. The lowest BCUT2D eigenvalue weighted by atomic mass is 10.1. The lowest BCUT2D eigenvalue weighted by Gasteiger charge is -2.14. The Bertz CT molecular complexity index is 670. The van der Waals surface area contributed by atoms with Gasteiger partial charge in [-0.1, -0.05) is 17.3 Å². The monoisotopic (exact) mass is 310 g/mol. The number of carboxylic acid groups (broad SMARTS) is 1. The number of nitrogens with zero attached hydrogens (tertiary/aromatic N) is 2. The molecule has 1 aliphatic heterocycles. The fourth-order valence-corrected chi connectivity index (χ4v) is 2.51. The molecule has 6 nitrogen and oxygen atoms in total. The van der Waals surface area contributed by atoms with Crippen LogP contribution < -0.4 is 0 Å². The van der Waals surface area contributed by atoms with Gasteiger partial charge in [0.15, 0.2) is 5.58 Å². The molecule has 0 radical (unpaired) electrons. The molecular weight excluding hydrogens is 296 g/mol. The Labute approximate surface area is 127 Å². The Hall–Kier alpha value is -2.08. The fourth-order valence-electron chi connectivity index (χ4n) is 2.51. The average molecular weight is 311 g/mol. The minimum absolute atomic E-state index is 0. The molecule has 1 aliphatic rings. The van der Waals surface area contributed by atoms with Crippen LogP contribution in [0.25, 0.3) is 11.0 Å². The van der Waals surface area contributed by atoms with Gasteiger partial charge in [-0.3, -0.25) is 9.59 Å². The van der Waals surface area contributed by atoms with Gasteiger partial charge in [-0.05, 0) is 18.6 Å². The number of hydrogen-bond donors (Lipinski definition) is 1. The summed E-state index contributed by atoms with van der Waals surface area (Å²) in [5.74, 6) is -1.40. The van der Waals surface area contributed by atoms with E-state index in [2.05, 4.69) is 5.16 Å². The first kappa shape index (κ1) is 15.3. The minimum Gasteiger partial charge on any atom is -0.481 e. The number of carboxylic acids is 1. The smallest absolute Gasteiger partial charge is 0.308 e. The number of halogens is 1. The van der Waals surface area contributed by atoms with Crippen LogP contribution in [0, 0.1) is 5.92 Å². The van der Waals surface area contributed by atoms with Crippen molar-refractivity contribution in [1.29, 1.82) is 0 Å². The Balaban J connectivity index is 0.00000161. The molecule has 3 rings (SSSR count). The van der Waals surface area contributed by atoms with Gasteiger partial charge in [0, 0.05) is 18.5 Å². The third kappa shape index (κ3) is 3.00. The van der Waals surface area contributed by atoms with Crippen molar-refractivity contribution in [3.63, 3.8) is 0 Å². The summed E-state index contributed by atoms with van der Waals surface area (Å²) in [6.45, 7) is 0.773. The van der Waals surface area contributed by atoms with Crippen LogP contribution in [-0.4, -0.2) is 40.1 Å². The fraction of sp³-hybridized carbons (Fsp3) is 0.357. The van der Waals surface area contributed by atoms with Gasteiger partial charge < -0.3 is 14.5 Å². The zero-order chi connectivity index (χ0) is 14.1. The number of carbonyl (C=O) groups is 2. The molecule has 7 heteroatoms. The first-order valence-corrected chi connectivity index (χ1v) is 6.49. The first-order valence-electron chi connectivity index (χ1n) is 6.49. The van der Waals surface area contributed by atoms with E-state index in [0.717, 1.165) is 5.39 Å². The number of rotatable bonds is 3. The number of fused-ring (bicyclic) bond motifs is 1. The van der Waals surface area contributed by atoms with Crippen LogP contribution in [0.3, 0.4) is 0 Å². The van der Waals surface area contributed by atoms with E-state index in [1.165, 1.54) is 0 Å². The van der Waals surface area contributed by atoms with Crippen molar-refractivity contribution >= 4 is 35.3 Å². The summed E-state index contributed by atoms with van der Waals surface area (Å²) in [7, 11) is 0. The van der Waals surface area contributed by atoms with Crippen molar-refractivity contribution in [1.82, 2.24) is 10.1 Å². The van der Waals surface area contributed by atoms with Gasteiger partial charge in [0.1, 0.15) is 5.69 Å². The van der Waals surface area contributed by atoms with Crippen molar-refractivity contribution < 1.29 is 19.2 Å². The summed E-state index contributed by atoms with van der Waals surface area (Å²) in [4.78, 5) is 24.7. The molecule has 1 atom stereocenters. The predicted octanol–water partition coefficient (Wildman–Crippen LogP) is 1.73. The summed E-state index contributed by atoms with van der Waals surface area (Å²) in [5.41, 5.74) is 1.25. The van der Waals surface area contributed by atoms with Crippen LogP contribution in [0.2, 0.25) is 0 Å². The third-order valence-electron chi connectivity index (χ3n) is 3.66. The molecule has 1 aromatic carbocycles. The maximum Gasteiger partial charge on any atom is 0.308 e. The summed E-state index contributed by atoms with van der Waals surface area (Å²) in [6, 6.07) is 7.37. The summed E-state index contributed by atoms with van der Waals surface area (Å²) < 4.78 is 5.16. The van der Waals surface area contributed by atoms with Gasteiger partial charge in [0.25, 0.3) is 0 Å². The highest BCUT2D eigenvalue weighted by Crippen LogP contribution is 2.21. The average Bonchev–Trinajstić information content (AvgIpc) is 3.06. The molecule has 1 fully saturated rings. The highest BCUT2D eigenvalue weighted by atomic mass is 35.5. The van der Waals surface area contributed by atoms with E-state index in [9.17, 15) is 9.59 Å². The van der Waals surface area contributed by atoms with Crippen LogP contribution in [0.4, 0.5) is 0 Å². The quantitative estimate of drug-likeness (QED) is 0.933. The molecule has 1 aromatic heterocycles. The van der Waals surface area contributed by atoms with E-state index in [4.69, 9.17) is 9.63 Å². The van der Waals surface area contributed by atoms with Crippen LogP contribution in [0.1, 0.15) is 12.1 Å². The van der Waals surface area contributed by atoms with Crippen molar-refractivity contribution in [2.45, 2.75) is 12.8 Å². The maximum absolute atomic E-state index is 12.2. The Kier molecular flexibility index (Phi) is 4.47. The van der Waals surface area contributed by atoms with E-state index in [1.807, 2.05) is 18.2 Å². The molecule has 1 N–H and O–H groups in total. The van der Waals surface area contributed by atoms with Crippen molar-refractivity contribution in [2.24, 2.45) is 5.92 Å². The van der Waals surface area contributed by atoms with Gasteiger partial charge in [0.2, 0.25) is 5.91 Å². The number of aromatic nitrogens is 1. The number of para-hydroxylation sites is 1. The number of likely N-dealkylation sites (tertiary alicyclic amines) is 1. The Morgan fingerprint density at radius 2 is 2.14 bits per heavy atom. The molecule has 1 unspecified atom stereocenters. The molecule has 2 heterocycles. The van der Waals surface area contributed by atoms with E-state index >= 15 is 0 Å². The second-order valence-electron chi connectivity index (χ2n) is 4.97. The standard InChI is InChI=1S/C14H14N2O4.ClH/c17-13(16-6-5-9(8-16)14(18)19)7-11-10-3-1-2-4-12(10)20-15-11;/h1-4,9H,5-8H2,(H,18,19);1H. The van der Waals surface area contributed by atoms with E-state index in [0.29, 0.717) is 24.2 Å². The topological polar surface area (TPSA) is 83.6 Å². The number of hydrogen-bond acceptors (Lipinski definition) is 4. The Morgan fingerprint density at radius 1 is 1.38 bits per heavy atom. The second kappa shape index (κ2) is 6.13. The largest absolute Gasteiger partial charge is 0.481 e. The van der Waals surface area contributed by atoms with Gasteiger partial charge in [-0.15, -0.1) is 12.4 Å². The van der Waals surface area contributed by atoms with Gasteiger partial charge in [0.05, 0.1) is 12.3 Å². The minimum atomic E-state index is -0.841. The molecule has 2 aromatic rings. The third-order valence-corrected chi connectivity index (χ3v) is 3.66. The van der Waals surface area contributed by atoms with Crippen molar-refractivity contribution in [2.75, 3.05) is 13.1 Å². The molecular formula is C14H15ClN2O4. The number of carbonyl (C=O) groups excluding carboxylic acids is 1. The number of aliphatic carboxylic acids is 1. The molecule has 0 spiro atoms. The van der Waals surface area contributed by atoms with E-state index in [-0.39, 0.29) is 31.3 Å². The van der Waals surface area contributed by atoms with Crippen LogP contribution in [0.15, 0.2) is 28.8 Å². The molecule has 1 amide bonds. The van der Waals surface area contributed by atoms with Crippen molar-refractivity contribution in [3.8, 4) is 0 Å². The summed E-state index contributed by atoms with van der Waals surface area (Å²) in [6.07, 6.45) is 0.657. The lowest BCUT2D eigenvalue weighted by molar-refractivity contribution is -0.141. The highest BCUT2D eigenvalue weighted by molar-refractivity contribution is 5.86. The number of benzene rings is 1. The predicted molar refractivity (Wildman–Crippen MR) is 77.3 cm³/mol. The summed E-state index contributed by atoms with van der Waals surface area (Å²) in [5, 5.41) is 13.7. The van der Waals surface area contributed by atoms with Crippen molar-refractivity contribution in [3.05, 3.63) is 30.0 Å². The molecule has 0 aliphatic carbocycles. The van der Waals surface area contributed by atoms with Crippen LogP contribution in [0.5, 0.6) is 0 Å². The highest BCUT2D eigenvalue weighted by Gasteiger charge is 2.31. The van der Waals surface area contributed by atoms with Crippen LogP contribution in [-0.2, 0) is 16.0 Å². The van der Waals surface area contributed by atoms with Crippen LogP contribution >= 0.6 is 12.4 Å². The molecule has 21 heavy (non-hydrogen) atoms. The van der Waals surface area contributed by atoms with E-state index < -0.39 is 11.9 Å². The molecule has 1 saturated heterocycles. The first-order chi connectivity index (χ1) is 9.65. The maximum atomic E-state index is 12.2. The second-order valence-corrected chi connectivity index (χ2v) is 4.97. The summed E-state index contributed by atoms with van der Waals surface area (Å²) >= 11 is 0.